The van der Waals surface area contributed by atoms with E-state index in [1.165, 1.54) is 11.1 Å². The Morgan fingerprint density at radius 2 is 1.39 bits per heavy atom. The number of methoxy groups -OCH3 is 1. The number of amides is 2. The minimum absolute atomic E-state index is 0.00417. The van der Waals surface area contributed by atoms with Gasteiger partial charge >= 0.3 is 0 Å². The summed E-state index contributed by atoms with van der Waals surface area (Å²) in [4.78, 5) is 30.8. The third kappa shape index (κ3) is 6.07. The van der Waals surface area contributed by atoms with Crippen LogP contribution in [0.25, 0.3) is 16.9 Å². The molecule has 1 aliphatic heterocycles. The van der Waals surface area contributed by atoms with Crippen molar-refractivity contribution in [2.24, 2.45) is 0 Å². The zero-order chi connectivity index (χ0) is 28.9. The minimum Gasteiger partial charge on any atom is -0.497 e. The molecule has 5 rings (SSSR count). The first-order valence-corrected chi connectivity index (χ1v) is 14.5. The molecule has 0 saturated carbocycles. The molecule has 2 heterocycles. The fourth-order valence-corrected chi connectivity index (χ4v) is 5.48. The third-order valence-electron chi connectivity index (χ3n) is 8.03. The Bertz CT molecular complexity index is 1490. The van der Waals surface area contributed by atoms with E-state index in [-0.39, 0.29) is 11.8 Å². The number of carbonyl (C=O) groups excluding carboxylic acids is 2. The number of ether oxygens (including phenoxy) is 1. The summed E-state index contributed by atoms with van der Waals surface area (Å²) in [6.07, 6.45) is 3.35. The van der Waals surface area contributed by atoms with E-state index in [9.17, 15) is 9.59 Å². The summed E-state index contributed by atoms with van der Waals surface area (Å²) in [6, 6.07) is 26.3. The number of aryl methyl sites for hydroxylation is 2. The second kappa shape index (κ2) is 12.5. The molecule has 0 aliphatic carbocycles. The Hall–Kier alpha value is -4.32. The van der Waals surface area contributed by atoms with E-state index in [2.05, 4.69) is 54.8 Å². The van der Waals surface area contributed by atoms with Gasteiger partial charge in [0.05, 0.1) is 18.4 Å². The molecule has 6 nitrogen and oxygen atoms in total. The predicted octanol–water partition coefficient (Wildman–Crippen LogP) is 6.71. The van der Waals surface area contributed by atoms with Gasteiger partial charge in [0.25, 0.3) is 11.8 Å². The van der Waals surface area contributed by atoms with Crippen molar-refractivity contribution in [2.75, 3.05) is 33.3 Å². The van der Waals surface area contributed by atoms with Gasteiger partial charge in [-0.3, -0.25) is 9.59 Å². The highest BCUT2D eigenvalue weighted by molar-refractivity contribution is 5.98. The van der Waals surface area contributed by atoms with E-state index in [1.54, 1.807) is 7.11 Å². The molecule has 4 aromatic rings. The van der Waals surface area contributed by atoms with Crippen molar-refractivity contribution in [3.63, 3.8) is 0 Å². The number of nitrogens with zero attached hydrogens (tertiary/aromatic N) is 3. The van der Waals surface area contributed by atoms with Gasteiger partial charge in [0, 0.05) is 43.1 Å². The molecule has 2 amide bonds. The second-order valence-corrected chi connectivity index (χ2v) is 10.8. The first-order chi connectivity index (χ1) is 19.9. The largest absolute Gasteiger partial charge is 0.497 e. The number of aromatic nitrogens is 1. The van der Waals surface area contributed by atoms with Crippen molar-refractivity contribution in [1.29, 1.82) is 0 Å². The average molecular weight is 550 g/mol. The molecule has 1 aromatic heterocycles. The first-order valence-electron chi connectivity index (χ1n) is 14.5. The van der Waals surface area contributed by atoms with E-state index in [0.29, 0.717) is 37.3 Å². The molecule has 212 valence electrons. The van der Waals surface area contributed by atoms with Crippen LogP contribution in [0.3, 0.4) is 0 Å². The van der Waals surface area contributed by atoms with E-state index in [0.717, 1.165) is 47.7 Å². The summed E-state index contributed by atoms with van der Waals surface area (Å²) < 4.78 is 7.51. The van der Waals surface area contributed by atoms with Gasteiger partial charge in [0.15, 0.2) is 0 Å². The molecule has 6 heteroatoms. The summed E-state index contributed by atoms with van der Waals surface area (Å²) in [7, 11) is 1.66. The molecule has 1 fully saturated rings. The van der Waals surface area contributed by atoms with Crippen LogP contribution in [0.4, 0.5) is 0 Å². The number of benzene rings is 3. The monoisotopic (exact) mass is 549 g/mol. The van der Waals surface area contributed by atoms with Crippen molar-refractivity contribution in [1.82, 2.24) is 14.4 Å². The van der Waals surface area contributed by atoms with E-state index >= 15 is 0 Å². The zero-order valence-corrected chi connectivity index (χ0v) is 24.5. The van der Waals surface area contributed by atoms with Crippen LogP contribution in [-0.2, 0) is 6.42 Å². The Labute approximate surface area is 243 Å². The molecule has 41 heavy (non-hydrogen) atoms. The lowest BCUT2D eigenvalue weighted by Crippen LogP contribution is -2.50. The van der Waals surface area contributed by atoms with Crippen LogP contribution < -0.4 is 4.74 Å². The summed E-state index contributed by atoms with van der Waals surface area (Å²) >= 11 is 0. The van der Waals surface area contributed by atoms with Gasteiger partial charge in [-0.15, -0.1) is 0 Å². The Balaban J connectivity index is 1.35. The van der Waals surface area contributed by atoms with Crippen LogP contribution in [0.1, 0.15) is 57.3 Å². The summed E-state index contributed by atoms with van der Waals surface area (Å²) in [6.45, 7) is 8.31. The highest BCUT2D eigenvalue weighted by Gasteiger charge is 2.28. The summed E-state index contributed by atoms with van der Waals surface area (Å²) in [5, 5.41) is 0. The molecular weight excluding hydrogens is 510 g/mol. The molecule has 1 saturated heterocycles. The van der Waals surface area contributed by atoms with E-state index in [4.69, 9.17) is 4.74 Å². The normalized spacial score (nSPS) is 13.4. The van der Waals surface area contributed by atoms with Gasteiger partial charge in [0.2, 0.25) is 0 Å². The maximum absolute atomic E-state index is 13.9. The fraction of sp³-hybridized carbons (Fsp3) is 0.314. The standard InChI is InChI=1S/C35H39N3O3/c1-5-6-7-27-10-12-29(13-11-27)34(39)36-20-22-37(23-21-36)35(40)32-24-33(28-14-18-31(41-4)19-15-28)38(26(32)3)30-16-8-25(2)9-17-30/h8-19,24H,5-7,20-23H2,1-4H3. The molecule has 1 aliphatic rings. The van der Waals surface area contributed by atoms with Gasteiger partial charge in [-0.25, -0.2) is 0 Å². The maximum Gasteiger partial charge on any atom is 0.255 e. The fourth-order valence-electron chi connectivity index (χ4n) is 5.48. The van der Waals surface area contributed by atoms with Gasteiger partial charge in [-0.1, -0.05) is 43.2 Å². The van der Waals surface area contributed by atoms with Crippen molar-refractivity contribution in [2.45, 2.75) is 40.0 Å². The second-order valence-electron chi connectivity index (χ2n) is 10.8. The van der Waals surface area contributed by atoms with Crippen LogP contribution in [-0.4, -0.2) is 59.5 Å². The third-order valence-corrected chi connectivity index (χ3v) is 8.03. The molecule has 3 aromatic carbocycles. The lowest BCUT2D eigenvalue weighted by molar-refractivity contribution is 0.0535. The minimum atomic E-state index is -0.00417. The molecule has 0 atom stereocenters. The highest BCUT2D eigenvalue weighted by atomic mass is 16.5. The van der Waals surface area contributed by atoms with Crippen molar-refractivity contribution < 1.29 is 14.3 Å². The number of unbranched alkanes of at least 4 members (excludes halogenated alkanes) is 1. The van der Waals surface area contributed by atoms with Crippen molar-refractivity contribution in [3.8, 4) is 22.7 Å². The summed E-state index contributed by atoms with van der Waals surface area (Å²) in [5.41, 5.74) is 7.69. The SMILES string of the molecule is CCCCc1ccc(C(=O)N2CCN(C(=O)c3cc(-c4ccc(OC)cc4)n(-c4ccc(C)cc4)c3C)CC2)cc1. The lowest BCUT2D eigenvalue weighted by Gasteiger charge is -2.35. The number of rotatable bonds is 8. The maximum atomic E-state index is 13.9. The highest BCUT2D eigenvalue weighted by Crippen LogP contribution is 2.32. The molecule has 0 N–H and O–H groups in total. The molecular formula is C35H39N3O3. The average Bonchev–Trinajstić information content (AvgIpc) is 3.36. The molecule has 0 spiro atoms. The van der Waals surface area contributed by atoms with Crippen molar-refractivity contribution in [3.05, 3.63) is 107 Å². The van der Waals surface area contributed by atoms with Crippen LogP contribution >= 0.6 is 0 Å². The van der Waals surface area contributed by atoms with Crippen molar-refractivity contribution >= 4 is 11.8 Å². The quantitative estimate of drug-likeness (QED) is 0.245. The van der Waals surface area contributed by atoms with Crippen LogP contribution in [0.15, 0.2) is 78.9 Å². The first kappa shape index (κ1) is 28.2. The number of piperazine rings is 1. The molecule has 0 bridgehead atoms. The summed E-state index contributed by atoms with van der Waals surface area (Å²) in [5.74, 6) is 0.813. The lowest BCUT2D eigenvalue weighted by atomic mass is 10.1. The Morgan fingerprint density at radius 3 is 1.98 bits per heavy atom. The number of hydrogen-bond acceptors (Lipinski definition) is 3. The van der Waals surface area contributed by atoms with Crippen LogP contribution in [0, 0.1) is 13.8 Å². The van der Waals surface area contributed by atoms with Gasteiger partial charge in [-0.05, 0) is 92.4 Å². The van der Waals surface area contributed by atoms with Gasteiger partial charge in [0.1, 0.15) is 5.75 Å². The molecule has 0 unspecified atom stereocenters. The van der Waals surface area contributed by atoms with Crippen LogP contribution in [0.2, 0.25) is 0 Å². The topological polar surface area (TPSA) is 54.8 Å². The van der Waals surface area contributed by atoms with Gasteiger partial charge in [-0.2, -0.15) is 0 Å². The predicted molar refractivity (Wildman–Crippen MR) is 164 cm³/mol. The van der Waals surface area contributed by atoms with E-state index in [1.807, 2.05) is 59.2 Å². The van der Waals surface area contributed by atoms with Crippen LogP contribution in [0.5, 0.6) is 5.75 Å². The Kier molecular flexibility index (Phi) is 8.58. The zero-order valence-electron chi connectivity index (χ0n) is 24.5. The smallest absolute Gasteiger partial charge is 0.255 e. The number of carbonyl (C=O) groups is 2. The van der Waals surface area contributed by atoms with E-state index < -0.39 is 0 Å². The number of hydrogen-bond donors (Lipinski definition) is 0. The molecule has 0 radical (unpaired) electrons. The Morgan fingerprint density at radius 1 is 0.780 bits per heavy atom. The van der Waals surface area contributed by atoms with Gasteiger partial charge < -0.3 is 19.1 Å².